The number of rotatable bonds is 5. The Morgan fingerprint density at radius 1 is 1.19 bits per heavy atom. The average molecular weight is 371 g/mol. The van der Waals surface area contributed by atoms with Crippen LogP contribution < -0.4 is 10.2 Å². The molecule has 26 heavy (non-hydrogen) atoms. The number of hydrogen-bond donors (Lipinski definition) is 1. The van der Waals surface area contributed by atoms with Crippen molar-refractivity contribution < 1.29 is 4.79 Å². The zero-order chi connectivity index (χ0) is 18.5. The van der Waals surface area contributed by atoms with Crippen LogP contribution in [-0.4, -0.2) is 34.2 Å². The van der Waals surface area contributed by atoms with Gasteiger partial charge < -0.3 is 10.2 Å². The molecule has 1 aromatic carbocycles. The van der Waals surface area contributed by atoms with Crippen LogP contribution in [0, 0.1) is 13.8 Å². The van der Waals surface area contributed by atoms with Gasteiger partial charge in [-0.25, -0.2) is 9.97 Å². The smallest absolute Gasteiger partial charge is 0.234 e. The van der Waals surface area contributed by atoms with Crippen LogP contribution in [0.2, 0.25) is 0 Å². The third-order valence-corrected chi connectivity index (χ3v) is 5.51. The third-order valence-electron chi connectivity index (χ3n) is 4.58. The predicted octanol–water partition coefficient (Wildman–Crippen LogP) is 4.20. The SMILES string of the molecule is Cc1cc(C)cc(NC(=O)CSc2cc(N3CCCCC3C)ncn2)c1. The van der Waals surface area contributed by atoms with Gasteiger partial charge in [-0.15, -0.1) is 0 Å². The second-order valence-electron chi connectivity index (χ2n) is 6.97. The molecule has 1 N–H and O–H groups in total. The van der Waals surface area contributed by atoms with E-state index in [0.717, 1.165) is 34.2 Å². The van der Waals surface area contributed by atoms with E-state index in [0.29, 0.717) is 11.8 Å². The number of aryl methyl sites for hydroxylation is 2. The first kappa shape index (κ1) is 18.7. The van der Waals surface area contributed by atoms with Crippen molar-refractivity contribution in [1.29, 1.82) is 0 Å². The Morgan fingerprint density at radius 3 is 2.69 bits per heavy atom. The number of nitrogens with one attached hydrogen (secondary N) is 1. The summed E-state index contributed by atoms with van der Waals surface area (Å²) in [7, 11) is 0. The Labute approximate surface area is 159 Å². The summed E-state index contributed by atoms with van der Waals surface area (Å²) in [6, 6.07) is 8.56. The highest BCUT2D eigenvalue weighted by Gasteiger charge is 2.20. The molecule has 138 valence electrons. The minimum Gasteiger partial charge on any atom is -0.354 e. The molecule has 3 rings (SSSR count). The summed E-state index contributed by atoms with van der Waals surface area (Å²) in [5.74, 6) is 1.27. The number of nitrogens with zero attached hydrogens (tertiary/aromatic N) is 3. The van der Waals surface area contributed by atoms with Gasteiger partial charge in [0.1, 0.15) is 17.2 Å². The zero-order valence-electron chi connectivity index (χ0n) is 15.7. The van der Waals surface area contributed by atoms with Crippen molar-refractivity contribution >= 4 is 29.2 Å². The number of benzene rings is 1. The third kappa shape index (κ3) is 4.97. The summed E-state index contributed by atoms with van der Waals surface area (Å²) < 4.78 is 0. The van der Waals surface area contributed by atoms with E-state index in [-0.39, 0.29) is 5.91 Å². The minimum atomic E-state index is -0.0218. The number of amides is 1. The summed E-state index contributed by atoms with van der Waals surface area (Å²) in [6.45, 7) is 7.34. The maximum absolute atomic E-state index is 12.3. The lowest BCUT2D eigenvalue weighted by molar-refractivity contribution is -0.113. The first-order chi connectivity index (χ1) is 12.5. The molecular weight excluding hydrogens is 344 g/mol. The van der Waals surface area contributed by atoms with Crippen LogP contribution >= 0.6 is 11.8 Å². The van der Waals surface area contributed by atoms with Gasteiger partial charge in [0.2, 0.25) is 5.91 Å². The Bertz CT molecular complexity index is 760. The Hall–Kier alpha value is -2.08. The summed E-state index contributed by atoms with van der Waals surface area (Å²) in [4.78, 5) is 23.3. The van der Waals surface area contributed by atoms with Crippen LogP contribution in [0.3, 0.4) is 0 Å². The van der Waals surface area contributed by atoms with E-state index < -0.39 is 0 Å². The molecule has 5 nitrogen and oxygen atoms in total. The highest BCUT2D eigenvalue weighted by Crippen LogP contribution is 2.25. The normalized spacial score (nSPS) is 17.2. The van der Waals surface area contributed by atoms with Gasteiger partial charge in [0.05, 0.1) is 5.75 Å². The van der Waals surface area contributed by atoms with Gasteiger partial charge in [0.25, 0.3) is 0 Å². The fourth-order valence-corrected chi connectivity index (χ4v) is 4.05. The lowest BCUT2D eigenvalue weighted by Crippen LogP contribution is -2.38. The van der Waals surface area contributed by atoms with Crippen molar-refractivity contribution in [2.24, 2.45) is 0 Å². The van der Waals surface area contributed by atoms with Crippen molar-refractivity contribution in [3.05, 3.63) is 41.7 Å². The van der Waals surface area contributed by atoms with E-state index in [2.05, 4.69) is 33.2 Å². The van der Waals surface area contributed by atoms with Crippen molar-refractivity contribution in [1.82, 2.24) is 9.97 Å². The maximum atomic E-state index is 12.3. The highest BCUT2D eigenvalue weighted by atomic mass is 32.2. The minimum absolute atomic E-state index is 0.0218. The van der Waals surface area contributed by atoms with Crippen molar-refractivity contribution in [3.8, 4) is 0 Å². The Kier molecular flexibility index (Phi) is 6.14. The number of hydrogen-bond acceptors (Lipinski definition) is 5. The molecule has 2 heterocycles. The largest absolute Gasteiger partial charge is 0.354 e. The molecular formula is C20H26N4OS. The first-order valence-corrected chi connectivity index (χ1v) is 10.1. The number of carbonyl (C=O) groups excluding carboxylic acids is 1. The molecule has 0 spiro atoms. The molecule has 0 bridgehead atoms. The molecule has 0 aliphatic carbocycles. The van der Waals surface area contributed by atoms with E-state index in [1.165, 1.54) is 31.0 Å². The number of piperidine rings is 1. The van der Waals surface area contributed by atoms with Crippen LogP contribution in [-0.2, 0) is 4.79 Å². The van der Waals surface area contributed by atoms with Gasteiger partial charge in [0, 0.05) is 24.3 Å². The first-order valence-electron chi connectivity index (χ1n) is 9.11. The fraction of sp³-hybridized carbons (Fsp3) is 0.450. The molecule has 1 aliphatic heterocycles. The topological polar surface area (TPSA) is 58.1 Å². The van der Waals surface area contributed by atoms with Gasteiger partial charge in [-0.1, -0.05) is 17.8 Å². The molecule has 1 amide bonds. The van der Waals surface area contributed by atoms with Gasteiger partial charge in [0.15, 0.2) is 0 Å². The summed E-state index contributed by atoms with van der Waals surface area (Å²) in [5.41, 5.74) is 3.13. The molecule has 6 heteroatoms. The average Bonchev–Trinajstić information content (AvgIpc) is 2.60. The van der Waals surface area contributed by atoms with Gasteiger partial charge >= 0.3 is 0 Å². The van der Waals surface area contributed by atoms with Crippen LogP contribution in [0.25, 0.3) is 0 Å². The van der Waals surface area contributed by atoms with Crippen LogP contribution in [0.5, 0.6) is 0 Å². The summed E-state index contributed by atoms with van der Waals surface area (Å²) in [5, 5.41) is 3.80. The second kappa shape index (κ2) is 8.54. The fourth-order valence-electron chi connectivity index (χ4n) is 3.39. The number of carbonyl (C=O) groups is 1. The summed E-state index contributed by atoms with van der Waals surface area (Å²) in [6.07, 6.45) is 5.28. The van der Waals surface area contributed by atoms with Crippen LogP contribution in [0.4, 0.5) is 11.5 Å². The molecule has 0 saturated carbocycles. The maximum Gasteiger partial charge on any atom is 0.234 e. The lowest BCUT2D eigenvalue weighted by Gasteiger charge is -2.34. The van der Waals surface area contributed by atoms with Gasteiger partial charge in [-0.05, 0) is 63.3 Å². The monoisotopic (exact) mass is 370 g/mol. The molecule has 1 unspecified atom stereocenters. The van der Waals surface area contributed by atoms with Crippen molar-refractivity contribution in [2.45, 2.75) is 51.1 Å². The molecule has 1 fully saturated rings. The van der Waals surface area contributed by atoms with E-state index in [9.17, 15) is 4.79 Å². The van der Waals surface area contributed by atoms with Crippen LogP contribution in [0.15, 0.2) is 35.6 Å². The molecule has 1 atom stereocenters. The van der Waals surface area contributed by atoms with Crippen molar-refractivity contribution in [2.75, 3.05) is 22.5 Å². The second-order valence-corrected chi connectivity index (χ2v) is 7.96. The van der Waals surface area contributed by atoms with E-state index in [4.69, 9.17) is 0 Å². The quantitative estimate of drug-likeness (QED) is 0.631. The Balaban J connectivity index is 1.59. The van der Waals surface area contributed by atoms with E-state index >= 15 is 0 Å². The number of aromatic nitrogens is 2. The standard InChI is InChI=1S/C20H26N4OS/c1-14-8-15(2)10-17(9-14)23-19(25)12-26-20-11-18(21-13-22-20)24-7-5-4-6-16(24)3/h8-11,13,16H,4-7,12H2,1-3H3,(H,23,25). The number of thioether (sulfide) groups is 1. The van der Waals surface area contributed by atoms with Crippen LogP contribution in [0.1, 0.15) is 37.3 Å². The molecule has 2 aromatic rings. The molecule has 1 aromatic heterocycles. The van der Waals surface area contributed by atoms with Gasteiger partial charge in [-0.2, -0.15) is 0 Å². The van der Waals surface area contributed by atoms with Crippen molar-refractivity contribution in [3.63, 3.8) is 0 Å². The summed E-state index contributed by atoms with van der Waals surface area (Å²) >= 11 is 1.45. The molecule has 1 saturated heterocycles. The van der Waals surface area contributed by atoms with E-state index in [1.54, 1.807) is 6.33 Å². The molecule has 0 radical (unpaired) electrons. The zero-order valence-corrected chi connectivity index (χ0v) is 16.5. The Morgan fingerprint density at radius 2 is 1.96 bits per heavy atom. The highest BCUT2D eigenvalue weighted by molar-refractivity contribution is 7.99. The van der Waals surface area contributed by atoms with Gasteiger partial charge in [-0.3, -0.25) is 4.79 Å². The lowest BCUT2D eigenvalue weighted by atomic mass is 10.0. The van der Waals surface area contributed by atoms with E-state index in [1.807, 2.05) is 32.0 Å². The predicted molar refractivity (Wildman–Crippen MR) is 108 cm³/mol. The number of anilines is 2. The molecule has 1 aliphatic rings.